The molecule has 1 aromatic heterocycles. The van der Waals surface area contributed by atoms with Crippen LogP contribution in [0.5, 0.6) is 0 Å². The number of carbonyl (C=O) groups excluding carboxylic acids is 1. The van der Waals surface area contributed by atoms with Crippen LogP contribution in [0.25, 0.3) is 0 Å². The fraction of sp³-hybridized carbons (Fsp3) is 0.615. The first-order valence-electron chi connectivity index (χ1n) is 6.11. The molecule has 2 rings (SSSR count). The van der Waals surface area contributed by atoms with Crippen molar-refractivity contribution < 1.29 is 9.21 Å². The van der Waals surface area contributed by atoms with Crippen LogP contribution in [-0.2, 0) is 11.2 Å². The van der Waals surface area contributed by atoms with Crippen LogP contribution in [-0.4, -0.2) is 18.5 Å². The number of nitrogens with one attached hydrogen (secondary N) is 2. The molecule has 4 heteroatoms. The van der Waals surface area contributed by atoms with Crippen LogP contribution >= 0.6 is 0 Å². The van der Waals surface area contributed by atoms with E-state index in [-0.39, 0.29) is 11.9 Å². The van der Waals surface area contributed by atoms with Crippen LogP contribution in [0.15, 0.2) is 16.7 Å². The number of fused-ring (bicyclic) bond motifs is 1. The lowest BCUT2D eigenvalue weighted by atomic mass is 9.92. The molecule has 0 spiro atoms. The van der Waals surface area contributed by atoms with E-state index in [2.05, 4.69) is 10.6 Å². The summed E-state index contributed by atoms with van der Waals surface area (Å²) in [5.74, 6) is 1.04. The molecule has 2 N–H and O–H groups in total. The maximum atomic E-state index is 12.1. The second-order valence-corrected chi connectivity index (χ2v) is 5.09. The minimum Gasteiger partial charge on any atom is -0.469 e. The Morgan fingerprint density at radius 1 is 1.53 bits per heavy atom. The molecule has 0 aromatic carbocycles. The van der Waals surface area contributed by atoms with E-state index >= 15 is 0 Å². The fourth-order valence-electron chi connectivity index (χ4n) is 2.09. The van der Waals surface area contributed by atoms with Crippen molar-refractivity contribution in [2.45, 2.75) is 44.7 Å². The van der Waals surface area contributed by atoms with E-state index < -0.39 is 5.54 Å². The third kappa shape index (κ3) is 2.36. The van der Waals surface area contributed by atoms with E-state index in [0.29, 0.717) is 0 Å². The largest absolute Gasteiger partial charge is 0.469 e. The molecule has 0 bridgehead atoms. The average molecular weight is 236 g/mol. The zero-order chi connectivity index (χ0) is 12.5. The summed E-state index contributed by atoms with van der Waals surface area (Å²) in [5.41, 5.74) is 0.595. The summed E-state index contributed by atoms with van der Waals surface area (Å²) in [5, 5.41) is 6.10. The summed E-state index contributed by atoms with van der Waals surface area (Å²) in [7, 11) is 1.80. The molecule has 1 aliphatic carbocycles. The Kier molecular flexibility index (Phi) is 3.24. The number of furan rings is 1. The molecule has 94 valence electrons. The third-order valence-electron chi connectivity index (χ3n) is 3.55. The van der Waals surface area contributed by atoms with Gasteiger partial charge < -0.3 is 15.1 Å². The van der Waals surface area contributed by atoms with Gasteiger partial charge in [0.2, 0.25) is 5.91 Å². The molecule has 1 aromatic rings. The van der Waals surface area contributed by atoms with Gasteiger partial charge in [-0.15, -0.1) is 0 Å². The number of amides is 1. The lowest BCUT2D eigenvalue weighted by molar-refractivity contribution is -0.127. The standard InChI is InChI=1S/C13H20N2O2/c1-13(2,14-3)12(16)15-10-5-4-6-11-9(10)7-8-17-11/h7-8,10,14H,4-6H2,1-3H3,(H,15,16). The van der Waals surface area contributed by atoms with Gasteiger partial charge in [0.05, 0.1) is 17.8 Å². The Hall–Kier alpha value is -1.29. The van der Waals surface area contributed by atoms with E-state index in [1.165, 1.54) is 0 Å². The van der Waals surface area contributed by atoms with E-state index in [1.807, 2.05) is 19.9 Å². The van der Waals surface area contributed by atoms with Crippen LogP contribution in [0.2, 0.25) is 0 Å². The van der Waals surface area contributed by atoms with Gasteiger partial charge in [0.15, 0.2) is 0 Å². The fourth-order valence-corrected chi connectivity index (χ4v) is 2.09. The highest BCUT2D eigenvalue weighted by molar-refractivity contribution is 5.85. The molecule has 0 saturated heterocycles. The van der Waals surface area contributed by atoms with Gasteiger partial charge >= 0.3 is 0 Å². The molecule has 1 aliphatic rings. The van der Waals surface area contributed by atoms with Crippen molar-refractivity contribution in [2.75, 3.05) is 7.05 Å². The molecule has 1 atom stereocenters. The van der Waals surface area contributed by atoms with Gasteiger partial charge in [0.25, 0.3) is 0 Å². The Morgan fingerprint density at radius 2 is 2.29 bits per heavy atom. The van der Waals surface area contributed by atoms with Crippen LogP contribution in [0, 0.1) is 0 Å². The first kappa shape index (κ1) is 12.2. The molecule has 1 amide bonds. The van der Waals surface area contributed by atoms with E-state index in [1.54, 1.807) is 13.3 Å². The van der Waals surface area contributed by atoms with Crippen molar-refractivity contribution in [3.8, 4) is 0 Å². The van der Waals surface area contributed by atoms with Crippen molar-refractivity contribution in [1.29, 1.82) is 0 Å². The maximum absolute atomic E-state index is 12.1. The molecule has 1 unspecified atom stereocenters. The Morgan fingerprint density at radius 3 is 3.00 bits per heavy atom. The predicted octanol–water partition coefficient (Wildman–Crippen LogP) is 1.77. The summed E-state index contributed by atoms with van der Waals surface area (Å²) in [6.45, 7) is 3.75. The van der Waals surface area contributed by atoms with Crippen molar-refractivity contribution in [1.82, 2.24) is 10.6 Å². The SMILES string of the molecule is CNC(C)(C)C(=O)NC1CCCc2occc21. The minimum atomic E-state index is -0.540. The molecule has 0 fully saturated rings. The van der Waals surface area contributed by atoms with Gasteiger partial charge in [-0.1, -0.05) is 0 Å². The number of carbonyl (C=O) groups is 1. The monoisotopic (exact) mass is 236 g/mol. The quantitative estimate of drug-likeness (QED) is 0.841. The number of hydrogen-bond donors (Lipinski definition) is 2. The molecule has 17 heavy (non-hydrogen) atoms. The molecule has 4 nitrogen and oxygen atoms in total. The summed E-state index contributed by atoms with van der Waals surface area (Å²) in [6.07, 6.45) is 4.73. The number of aryl methyl sites for hydroxylation is 1. The predicted molar refractivity (Wildman–Crippen MR) is 65.7 cm³/mol. The summed E-state index contributed by atoms with van der Waals surface area (Å²) in [4.78, 5) is 12.1. The van der Waals surface area contributed by atoms with Crippen molar-refractivity contribution in [2.24, 2.45) is 0 Å². The second-order valence-electron chi connectivity index (χ2n) is 5.09. The van der Waals surface area contributed by atoms with E-state index in [0.717, 1.165) is 30.6 Å². The summed E-state index contributed by atoms with van der Waals surface area (Å²) in [6, 6.07) is 2.06. The number of likely N-dealkylation sites (N-methyl/N-ethyl adjacent to an activating group) is 1. The van der Waals surface area contributed by atoms with E-state index in [4.69, 9.17) is 4.42 Å². The highest BCUT2D eigenvalue weighted by Crippen LogP contribution is 2.30. The van der Waals surface area contributed by atoms with Gasteiger partial charge in [-0.05, 0) is 39.8 Å². The average Bonchev–Trinajstić information content (AvgIpc) is 2.78. The van der Waals surface area contributed by atoms with E-state index in [9.17, 15) is 4.79 Å². The van der Waals surface area contributed by atoms with Gasteiger partial charge in [0.1, 0.15) is 5.76 Å². The first-order valence-corrected chi connectivity index (χ1v) is 6.11. The van der Waals surface area contributed by atoms with Crippen molar-refractivity contribution in [3.05, 3.63) is 23.7 Å². The Labute approximate surface area is 102 Å². The smallest absolute Gasteiger partial charge is 0.240 e. The number of rotatable bonds is 3. The lowest BCUT2D eigenvalue weighted by Crippen LogP contribution is -2.52. The summed E-state index contributed by atoms with van der Waals surface area (Å²) >= 11 is 0. The third-order valence-corrected chi connectivity index (χ3v) is 3.55. The normalized spacial score (nSPS) is 19.8. The van der Waals surface area contributed by atoms with Crippen LogP contribution in [0.3, 0.4) is 0 Å². The zero-order valence-corrected chi connectivity index (χ0v) is 10.7. The minimum absolute atomic E-state index is 0.0269. The van der Waals surface area contributed by atoms with Gasteiger partial charge in [-0.3, -0.25) is 4.79 Å². The maximum Gasteiger partial charge on any atom is 0.240 e. The summed E-state index contributed by atoms with van der Waals surface area (Å²) < 4.78 is 5.41. The highest BCUT2D eigenvalue weighted by Gasteiger charge is 2.30. The van der Waals surface area contributed by atoms with Crippen LogP contribution in [0.1, 0.15) is 44.1 Å². The lowest BCUT2D eigenvalue weighted by Gasteiger charge is -2.28. The molecule has 0 saturated carbocycles. The van der Waals surface area contributed by atoms with Gasteiger partial charge in [-0.2, -0.15) is 0 Å². The molecule has 0 radical (unpaired) electrons. The molecule has 1 heterocycles. The van der Waals surface area contributed by atoms with Crippen molar-refractivity contribution >= 4 is 5.91 Å². The number of hydrogen-bond acceptors (Lipinski definition) is 3. The Bertz CT molecular complexity index is 409. The van der Waals surface area contributed by atoms with Crippen LogP contribution in [0.4, 0.5) is 0 Å². The Balaban J connectivity index is 2.09. The molecular formula is C13H20N2O2. The van der Waals surface area contributed by atoms with Crippen molar-refractivity contribution in [3.63, 3.8) is 0 Å². The zero-order valence-electron chi connectivity index (χ0n) is 10.7. The highest BCUT2D eigenvalue weighted by atomic mass is 16.3. The molecular weight excluding hydrogens is 216 g/mol. The van der Waals surface area contributed by atoms with Crippen LogP contribution < -0.4 is 10.6 Å². The molecule has 0 aliphatic heterocycles. The first-order chi connectivity index (χ1) is 8.04. The topological polar surface area (TPSA) is 54.3 Å². The second kappa shape index (κ2) is 4.53. The van der Waals surface area contributed by atoms with Gasteiger partial charge in [-0.25, -0.2) is 0 Å². The van der Waals surface area contributed by atoms with Gasteiger partial charge in [0, 0.05) is 12.0 Å².